The Bertz CT molecular complexity index is 427. The second-order valence-corrected chi connectivity index (χ2v) is 5.31. The van der Waals surface area contributed by atoms with Gasteiger partial charge in [0.1, 0.15) is 0 Å². The fourth-order valence-corrected chi connectivity index (χ4v) is 1.61. The normalized spacial score (nSPS) is 11.2. The predicted molar refractivity (Wildman–Crippen MR) is 70.5 cm³/mol. The smallest absolute Gasteiger partial charge is 0.391 e. The van der Waals surface area contributed by atoms with Gasteiger partial charge in [0.15, 0.2) is 0 Å². The molecule has 0 fully saturated rings. The molecule has 3 N–H and O–H groups in total. The van der Waals surface area contributed by atoms with E-state index >= 15 is 0 Å². The molecule has 0 aliphatic heterocycles. The highest BCUT2D eigenvalue weighted by Crippen LogP contribution is 2.17. The average Bonchev–Trinajstić information content (AvgIpc) is 2.13. The highest BCUT2D eigenvalue weighted by molar-refractivity contribution is 5.70. The molecule has 1 rings (SSSR count). The molecule has 5 nitrogen and oxygen atoms in total. The Morgan fingerprint density at radius 3 is 2.50 bits per heavy atom. The van der Waals surface area contributed by atoms with Crippen molar-refractivity contribution in [3.8, 4) is 5.88 Å². The molecule has 0 unspecified atom stereocenters. The molecule has 1 aromatic rings. The third-order valence-corrected chi connectivity index (χ3v) is 2.41. The van der Waals surface area contributed by atoms with E-state index < -0.39 is 6.09 Å². The number of carbonyl (C=O) groups excluding carboxylic acids is 1. The van der Waals surface area contributed by atoms with Crippen LogP contribution in [0, 0.1) is 13.8 Å². The van der Waals surface area contributed by atoms with Gasteiger partial charge in [-0.25, -0.2) is 9.78 Å². The molecule has 0 saturated carbocycles. The van der Waals surface area contributed by atoms with Crippen molar-refractivity contribution in [2.24, 2.45) is 5.73 Å². The van der Waals surface area contributed by atoms with Gasteiger partial charge in [-0.05, 0) is 45.7 Å². The second-order valence-electron chi connectivity index (χ2n) is 5.31. The topological polar surface area (TPSA) is 77.2 Å². The summed E-state index contributed by atoms with van der Waals surface area (Å²) in [6, 6.07) is 1.72. The summed E-state index contributed by atoms with van der Waals surface area (Å²) >= 11 is 0. The number of aromatic nitrogens is 1. The number of aryl methyl sites for hydroxylation is 2. The van der Waals surface area contributed by atoms with E-state index in [9.17, 15) is 4.79 Å². The van der Waals surface area contributed by atoms with Crippen molar-refractivity contribution >= 4 is 6.09 Å². The first-order valence-corrected chi connectivity index (χ1v) is 5.90. The highest BCUT2D eigenvalue weighted by Gasteiger charge is 2.16. The maximum absolute atomic E-state index is 11.6. The van der Waals surface area contributed by atoms with Crippen LogP contribution in [0.4, 0.5) is 4.79 Å². The number of hydrogen-bond acceptors (Lipinski definition) is 4. The Hall–Kier alpha value is -1.62. The van der Waals surface area contributed by atoms with E-state index in [1.807, 2.05) is 34.6 Å². The molecule has 0 aromatic carbocycles. The molecule has 0 radical (unpaired) electrons. The molecule has 1 amide bonds. The minimum Gasteiger partial charge on any atom is -0.391 e. The lowest BCUT2D eigenvalue weighted by atomic mass is 10.1. The minimum absolute atomic E-state index is 0.295. The number of rotatable bonds is 2. The van der Waals surface area contributed by atoms with Crippen LogP contribution in [0.25, 0.3) is 0 Å². The van der Waals surface area contributed by atoms with E-state index in [2.05, 4.69) is 10.3 Å². The molecule has 0 spiro atoms. The van der Waals surface area contributed by atoms with Crippen LogP contribution in [0.3, 0.4) is 0 Å². The van der Waals surface area contributed by atoms with Gasteiger partial charge in [0.25, 0.3) is 0 Å². The van der Waals surface area contributed by atoms with E-state index in [0.29, 0.717) is 12.4 Å². The molecule has 1 aromatic heterocycles. The monoisotopic (exact) mass is 251 g/mol. The van der Waals surface area contributed by atoms with Crippen molar-refractivity contribution in [1.29, 1.82) is 0 Å². The van der Waals surface area contributed by atoms with Gasteiger partial charge in [-0.3, -0.25) is 0 Å². The van der Waals surface area contributed by atoms with E-state index in [4.69, 9.17) is 10.5 Å². The van der Waals surface area contributed by atoms with Crippen molar-refractivity contribution in [2.45, 2.75) is 46.7 Å². The van der Waals surface area contributed by atoms with Crippen molar-refractivity contribution in [1.82, 2.24) is 10.3 Å². The van der Waals surface area contributed by atoms with Crippen LogP contribution >= 0.6 is 0 Å². The Morgan fingerprint density at radius 2 is 2.06 bits per heavy atom. The second kappa shape index (κ2) is 5.35. The quantitative estimate of drug-likeness (QED) is 0.843. The zero-order valence-corrected chi connectivity index (χ0v) is 11.6. The summed E-state index contributed by atoms with van der Waals surface area (Å²) in [7, 11) is 0. The average molecular weight is 251 g/mol. The summed E-state index contributed by atoms with van der Waals surface area (Å²) in [5.41, 5.74) is 8.04. The number of ether oxygens (including phenoxy) is 1. The van der Waals surface area contributed by atoms with Crippen LogP contribution in [-0.4, -0.2) is 16.6 Å². The first-order valence-electron chi connectivity index (χ1n) is 5.90. The maximum atomic E-state index is 11.6. The summed E-state index contributed by atoms with van der Waals surface area (Å²) in [5, 5.41) is 2.71. The Labute approximate surface area is 108 Å². The largest absolute Gasteiger partial charge is 0.414 e. The van der Waals surface area contributed by atoms with Gasteiger partial charge in [-0.1, -0.05) is 0 Å². The Kier molecular flexibility index (Phi) is 4.29. The molecule has 0 atom stereocenters. The Morgan fingerprint density at radius 1 is 1.44 bits per heavy atom. The number of hydrogen-bond donors (Lipinski definition) is 2. The van der Waals surface area contributed by atoms with E-state index in [1.54, 1.807) is 6.07 Å². The lowest BCUT2D eigenvalue weighted by Gasteiger charge is -2.19. The molecule has 0 bridgehead atoms. The lowest BCUT2D eigenvalue weighted by molar-refractivity contribution is 0.188. The van der Waals surface area contributed by atoms with Crippen molar-refractivity contribution in [3.05, 3.63) is 22.9 Å². The third-order valence-electron chi connectivity index (χ3n) is 2.41. The predicted octanol–water partition coefficient (Wildman–Crippen LogP) is 2.04. The lowest BCUT2D eigenvalue weighted by Crippen LogP contribution is -2.42. The van der Waals surface area contributed by atoms with E-state index in [0.717, 1.165) is 16.8 Å². The zero-order chi connectivity index (χ0) is 13.9. The summed E-state index contributed by atoms with van der Waals surface area (Å²) < 4.78 is 5.15. The number of carbonyl (C=O) groups is 1. The zero-order valence-electron chi connectivity index (χ0n) is 11.6. The highest BCUT2D eigenvalue weighted by atomic mass is 16.6. The first-order chi connectivity index (χ1) is 8.23. The van der Waals surface area contributed by atoms with Crippen LogP contribution in [0.1, 0.15) is 37.6 Å². The van der Waals surface area contributed by atoms with Gasteiger partial charge in [0.2, 0.25) is 5.88 Å². The minimum atomic E-state index is -0.505. The van der Waals surface area contributed by atoms with Crippen molar-refractivity contribution in [2.75, 3.05) is 0 Å². The fourth-order valence-electron chi connectivity index (χ4n) is 1.61. The summed E-state index contributed by atoms with van der Waals surface area (Å²) in [6.45, 7) is 9.86. The molecular weight excluding hydrogens is 230 g/mol. The van der Waals surface area contributed by atoms with Crippen molar-refractivity contribution < 1.29 is 9.53 Å². The number of nitrogens with zero attached hydrogens (tertiary/aromatic N) is 1. The number of amides is 1. The first kappa shape index (κ1) is 14.4. The van der Waals surface area contributed by atoms with Gasteiger partial charge in [-0.2, -0.15) is 0 Å². The van der Waals surface area contributed by atoms with Gasteiger partial charge in [0.05, 0.1) is 0 Å². The third kappa shape index (κ3) is 4.00. The van der Waals surface area contributed by atoms with Crippen LogP contribution in [-0.2, 0) is 6.54 Å². The summed E-state index contributed by atoms with van der Waals surface area (Å²) in [5.74, 6) is 0.295. The molecule has 18 heavy (non-hydrogen) atoms. The summed E-state index contributed by atoms with van der Waals surface area (Å²) in [4.78, 5) is 15.8. The van der Waals surface area contributed by atoms with Crippen LogP contribution in [0.5, 0.6) is 5.88 Å². The molecular formula is C13H21N3O2. The van der Waals surface area contributed by atoms with Gasteiger partial charge >= 0.3 is 6.09 Å². The standard InChI is InChI=1S/C13H21N3O2/c1-8-6-11(15-9(2)10(8)7-14)18-12(17)16-13(3,4)5/h6H,7,14H2,1-5H3,(H,16,17). The molecule has 5 heteroatoms. The van der Waals surface area contributed by atoms with Gasteiger partial charge in [-0.15, -0.1) is 0 Å². The van der Waals surface area contributed by atoms with Crippen LogP contribution in [0.2, 0.25) is 0 Å². The SMILES string of the molecule is Cc1cc(OC(=O)NC(C)(C)C)nc(C)c1CN. The molecule has 1 heterocycles. The van der Waals surface area contributed by atoms with E-state index in [-0.39, 0.29) is 5.54 Å². The fraction of sp³-hybridized carbons (Fsp3) is 0.538. The van der Waals surface area contributed by atoms with Crippen LogP contribution < -0.4 is 15.8 Å². The maximum Gasteiger partial charge on any atom is 0.414 e. The molecule has 0 aliphatic rings. The molecule has 100 valence electrons. The van der Waals surface area contributed by atoms with Gasteiger partial charge in [0, 0.05) is 23.8 Å². The Balaban J connectivity index is 2.83. The van der Waals surface area contributed by atoms with Crippen molar-refractivity contribution in [3.63, 3.8) is 0 Å². The molecule has 0 saturated heterocycles. The summed E-state index contributed by atoms with van der Waals surface area (Å²) in [6.07, 6.45) is -0.505. The number of pyridine rings is 1. The number of nitrogens with two attached hydrogens (primary N) is 1. The molecule has 0 aliphatic carbocycles. The number of nitrogens with one attached hydrogen (secondary N) is 1. The van der Waals surface area contributed by atoms with E-state index in [1.165, 1.54) is 0 Å². The van der Waals surface area contributed by atoms with Gasteiger partial charge < -0.3 is 15.8 Å². The van der Waals surface area contributed by atoms with Crippen LogP contribution in [0.15, 0.2) is 6.07 Å².